The van der Waals surface area contributed by atoms with Crippen LogP contribution in [0.1, 0.15) is 44.1 Å². The molecule has 1 aromatic rings. The van der Waals surface area contributed by atoms with Crippen LogP contribution in [0.15, 0.2) is 18.2 Å². The lowest BCUT2D eigenvalue weighted by atomic mass is 10.0. The molecule has 0 heterocycles. The minimum Gasteiger partial charge on any atom is -0.397 e. The van der Waals surface area contributed by atoms with Crippen LogP contribution in [-0.4, -0.2) is 6.54 Å². The second kappa shape index (κ2) is 5.95. The fourth-order valence-corrected chi connectivity index (χ4v) is 2.74. The lowest BCUT2D eigenvalue weighted by molar-refractivity contribution is 0.491. The smallest absolute Gasteiger partial charge is 0.0576 e. The highest BCUT2D eigenvalue weighted by molar-refractivity contribution is 5.66. The predicted molar refractivity (Wildman–Crippen MR) is 75.3 cm³/mol. The van der Waals surface area contributed by atoms with Gasteiger partial charge in [0.15, 0.2) is 0 Å². The minimum atomic E-state index is 0.858. The van der Waals surface area contributed by atoms with Crippen molar-refractivity contribution in [3.05, 3.63) is 23.8 Å². The Morgan fingerprint density at radius 2 is 2.06 bits per heavy atom. The molecular weight excluding hydrogens is 208 g/mol. The minimum absolute atomic E-state index is 0.858. The summed E-state index contributed by atoms with van der Waals surface area (Å²) >= 11 is 0. The zero-order valence-corrected chi connectivity index (χ0v) is 10.8. The van der Waals surface area contributed by atoms with Gasteiger partial charge >= 0.3 is 0 Å². The molecule has 0 aliphatic heterocycles. The average Bonchev–Trinajstić information content (AvgIpc) is 2.82. The second-order valence-electron chi connectivity index (χ2n) is 5.31. The van der Waals surface area contributed by atoms with Crippen LogP contribution in [0, 0.1) is 12.8 Å². The van der Waals surface area contributed by atoms with Gasteiger partial charge in [0.2, 0.25) is 0 Å². The Balaban J connectivity index is 1.72. The van der Waals surface area contributed by atoms with E-state index in [1.165, 1.54) is 44.1 Å². The lowest BCUT2D eigenvalue weighted by Crippen LogP contribution is -2.06. The van der Waals surface area contributed by atoms with Crippen molar-refractivity contribution in [1.82, 2.24) is 0 Å². The van der Waals surface area contributed by atoms with Gasteiger partial charge in [-0.3, -0.25) is 0 Å². The summed E-state index contributed by atoms with van der Waals surface area (Å²) in [5.74, 6) is 0.992. The number of nitrogens with two attached hydrogens (primary N) is 1. The number of hydrogen-bond donors (Lipinski definition) is 2. The number of aryl methyl sites for hydroxylation is 1. The Hall–Kier alpha value is -1.18. The van der Waals surface area contributed by atoms with Crippen LogP contribution in [0.3, 0.4) is 0 Å². The average molecular weight is 232 g/mol. The van der Waals surface area contributed by atoms with Gasteiger partial charge in [-0.2, -0.15) is 0 Å². The number of rotatable bonds is 5. The van der Waals surface area contributed by atoms with Gasteiger partial charge in [0.1, 0.15) is 0 Å². The van der Waals surface area contributed by atoms with E-state index in [1.807, 2.05) is 6.07 Å². The van der Waals surface area contributed by atoms with Crippen molar-refractivity contribution in [2.45, 2.75) is 45.4 Å². The van der Waals surface area contributed by atoms with E-state index in [1.54, 1.807) is 0 Å². The third-order valence-electron chi connectivity index (χ3n) is 3.79. The first-order chi connectivity index (χ1) is 8.25. The van der Waals surface area contributed by atoms with Crippen LogP contribution >= 0.6 is 0 Å². The van der Waals surface area contributed by atoms with Crippen LogP contribution in [0.4, 0.5) is 11.4 Å². The van der Waals surface area contributed by atoms with Crippen LogP contribution in [-0.2, 0) is 0 Å². The highest BCUT2D eigenvalue weighted by Crippen LogP contribution is 2.28. The molecule has 0 atom stereocenters. The molecule has 1 aliphatic carbocycles. The Morgan fingerprint density at radius 1 is 1.29 bits per heavy atom. The van der Waals surface area contributed by atoms with Gasteiger partial charge in [0.25, 0.3) is 0 Å². The van der Waals surface area contributed by atoms with Crippen LogP contribution in [0.5, 0.6) is 0 Å². The molecule has 17 heavy (non-hydrogen) atoms. The molecule has 3 N–H and O–H groups in total. The summed E-state index contributed by atoms with van der Waals surface area (Å²) in [4.78, 5) is 0. The third kappa shape index (κ3) is 3.65. The summed E-state index contributed by atoms with van der Waals surface area (Å²) in [6.45, 7) is 3.15. The van der Waals surface area contributed by atoms with Gasteiger partial charge in [-0.05, 0) is 43.4 Å². The SMILES string of the molecule is Cc1ccc(N)c(NCCCC2CCCC2)c1. The van der Waals surface area contributed by atoms with Crippen molar-refractivity contribution < 1.29 is 0 Å². The molecular formula is C15H24N2. The molecule has 2 nitrogen and oxygen atoms in total. The van der Waals surface area contributed by atoms with Crippen molar-refractivity contribution in [1.29, 1.82) is 0 Å². The Morgan fingerprint density at radius 3 is 2.82 bits per heavy atom. The van der Waals surface area contributed by atoms with E-state index in [2.05, 4.69) is 24.4 Å². The molecule has 1 aliphatic rings. The predicted octanol–water partition coefficient (Wildman–Crippen LogP) is 3.96. The van der Waals surface area contributed by atoms with Gasteiger partial charge in [-0.15, -0.1) is 0 Å². The number of hydrogen-bond acceptors (Lipinski definition) is 2. The Bertz CT molecular complexity index is 354. The molecule has 0 aromatic heterocycles. The molecule has 0 spiro atoms. The van der Waals surface area contributed by atoms with Gasteiger partial charge in [-0.25, -0.2) is 0 Å². The Kier molecular flexibility index (Phi) is 4.29. The number of nitrogens with one attached hydrogen (secondary N) is 1. The maximum atomic E-state index is 5.93. The molecule has 1 aromatic carbocycles. The summed E-state index contributed by atoms with van der Waals surface area (Å²) in [6, 6.07) is 6.17. The van der Waals surface area contributed by atoms with Crippen molar-refractivity contribution in [3.63, 3.8) is 0 Å². The summed E-state index contributed by atoms with van der Waals surface area (Å²) in [5.41, 5.74) is 9.14. The van der Waals surface area contributed by atoms with Gasteiger partial charge in [-0.1, -0.05) is 31.7 Å². The molecule has 0 unspecified atom stereocenters. The zero-order valence-electron chi connectivity index (χ0n) is 10.8. The Labute approximate surface area is 105 Å². The largest absolute Gasteiger partial charge is 0.397 e. The monoisotopic (exact) mass is 232 g/mol. The van der Waals surface area contributed by atoms with Gasteiger partial charge in [0, 0.05) is 6.54 Å². The topological polar surface area (TPSA) is 38.0 Å². The standard InChI is InChI=1S/C15H24N2/c1-12-8-9-14(16)15(11-12)17-10-4-7-13-5-2-3-6-13/h8-9,11,13,17H,2-7,10,16H2,1H3. The molecule has 0 bridgehead atoms. The fourth-order valence-electron chi connectivity index (χ4n) is 2.74. The molecule has 1 saturated carbocycles. The number of anilines is 2. The molecule has 2 heteroatoms. The van der Waals surface area contributed by atoms with E-state index >= 15 is 0 Å². The van der Waals surface area contributed by atoms with Gasteiger partial charge < -0.3 is 11.1 Å². The first-order valence-electron chi connectivity index (χ1n) is 6.86. The highest BCUT2D eigenvalue weighted by Gasteiger charge is 2.13. The molecule has 0 saturated heterocycles. The fraction of sp³-hybridized carbons (Fsp3) is 0.600. The van der Waals surface area contributed by atoms with E-state index in [-0.39, 0.29) is 0 Å². The number of nitrogen functional groups attached to an aromatic ring is 1. The van der Waals surface area contributed by atoms with E-state index in [0.29, 0.717) is 0 Å². The molecule has 0 amide bonds. The van der Waals surface area contributed by atoms with Crippen LogP contribution in [0.2, 0.25) is 0 Å². The van der Waals surface area contributed by atoms with Crippen molar-refractivity contribution >= 4 is 11.4 Å². The summed E-state index contributed by atoms with van der Waals surface area (Å²) < 4.78 is 0. The van der Waals surface area contributed by atoms with Crippen LogP contribution < -0.4 is 11.1 Å². The molecule has 1 fully saturated rings. The summed E-state index contributed by atoms with van der Waals surface area (Å²) in [5, 5.41) is 3.45. The first-order valence-corrected chi connectivity index (χ1v) is 6.86. The summed E-state index contributed by atoms with van der Waals surface area (Å²) in [6.07, 6.45) is 8.43. The maximum absolute atomic E-state index is 5.93. The normalized spacial score (nSPS) is 16.3. The van der Waals surface area contributed by atoms with Crippen molar-refractivity contribution in [2.75, 3.05) is 17.6 Å². The van der Waals surface area contributed by atoms with E-state index in [0.717, 1.165) is 23.8 Å². The quantitative estimate of drug-likeness (QED) is 0.595. The molecule has 94 valence electrons. The van der Waals surface area contributed by atoms with Crippen molar-refractivity contribution in [2.24, 2.45) is 5.92 Å². The van der Waals surface area contributed by atoms with Crippen molar-refractivity contribution in [3.8, 4) is 0 Å². The zero-order chi connectivity index (χ0) is 12.1. The third-order valence-corrected chi connectivity index (χ3v) is 3.79. The molecule has 2 rings (SSSR count). The maximum Gasteiger partial charge on any atom is 0.0576 e. The number of benzene rings is 1. The van der Waals surface area contributed by atoms with E-state index < -0.39 is 0 Å². The highest BCUT2D eigenvalue weighted by atomic mass is 14.9. The lowest BCUT2D eigenvalue weighted by Gasteiger charge is -2.12. The van der Waals surface area contributed by atoms with Gasteiger partial charge in [0.05, 0.1) is 11.4 Å². The second-order valence-corrected chi connectivity index (χ2v) is 5.31. The van der Waals surface area contributed by atoms with E-state index in [9.17, 15) is 0 Å². The summed E-state index contributed by atoms with van der Waals surface area (Å²) in [7, 11) is 0. The van der Waals surface area contributed by atoms with E-state index in [4.69, 9.17) is 5.73 Å². The first kappa shape index (κ1) is 12.3. The van der Waals surface area contributed by atoms with Crippen LogP contribution in [0.25, 0.3) is 0 Å². The molecule has 0 radical (unpaired) electrons.